The predicted molar refractivity (Wildman–Crippen MR) is 103 cm³/mol. The number of halogens is 4. The minimum absolute atomic E-state index is 0.0813. The van der Waals surface area contributed by atoms with E-state index in [1.165, 1.54) is 24.4 Å². The summed E-state index contributed by atoms with van der Waals surface area (Å²) in [6.07, 6.45) is -3.58. The molecule has 1 amide bonds. The molecule has 1 aliphatic rings. The topological polar surface area (TPSA) is 54.5 Å². The maximum atomic E-state index is 13.4. The van der Waals surface area contributed by atoms with Gasteiger partial charge in [0.25, 0.3) is 0 Å². The summed E-state index contributed by atoms with van der Waals surface area (Å²) >= 11 is 6.05. The highest BCUT2D eigenvalue weighted by molar-refractivity contribution is 6.30. The number of alkyl halides is 3. The summed E-state index contributed by atoms with van der Waals surface area (Å²) in [5.41, 5.74) is 0.637. The standard InChI is InChI=1S/C20H21ClF3N3O2/c1-13-11-27(12-14-10-15(21)5-6-17(14)29-13)9-7-18(28)26-19(20(22,23)24)16-4-2-3-8-25-16/h2-6,8,10,13,19H,7,9,11-12H2,1H3,(H,26,28)/t13-,19+/m0/s1. The van der Waals surface area contributed by atoms with Gasteiger partial charge in [-0.15, -0.1) is 0 Å². The Hall–Kier alpha value is -2.32. The minimum Gasteiger partial charge on any atom is -0.489 e. The summed E-state index contributed by atoms with van der Waals surface area (Å²) in [5.74, 6) is 0.0308. The lowest BCUT2D eigenvalue weighted by atomic mass is 10.1. The van der Waals surface area contributed by atoms with Crippen molar-refractivity contribution < 1.29 is 22.7 Å². The van der Waals surface area contributed by atoms with Crippen LogP contribution in [0.25, 0.3) is 0 Å². The summed E-state index contributed by atoms with van der Waals surface area (Å²) in [7, 11) is 0. The molecule has 1 aliphatic heterocycles. The van der Waals surface area contributed by atoms with Crippen molar-refractivity contribution in [3.05, 3.63) is 58.9 Å². The molecule has 0 saturated carbocycles. The molecular formula is C20H21ClF3N3O2. The van der Waals surface area contributed by atoms with Crippen molar-refractivity contribution in [2.24, 2.45) is 0 Å². The Morgan fingerprint density at radius 3 is 2.86 bits per heavy atom. The largest absolute Gasteiger partial charge is 0.489 e. The Kier molecular flexibility index (Phi) is 6.64. The summed E-state index contributed by atoms with van der Waals surface area (Å²) in [5, 5.41) is 2.63. The van der Waals surface area contributed by atoms with Gasteiger partial charge in [0, 0.05) is 42.8 Å². The molecule has 0 spiro atoms. The Balaban J connectivity index is 1.63. The Labute approximate surface area is 171 Å². The predicted octanol–water partition coefficient (Wildman–Crippen LogP) is 4.13. The van der Waals surface area contributed by atoms with Gasteiger partial charge >= 0.3 is 6.18 Å². The number of carbonyl (C=O) groups excluding carboxylic acids is 1. The van der Waals surface area contributed by atoms with E-state index >= 15 is 0 Å². The van der Waals surface area contributed by atoms with Crippen LogP contribution >= 0.6 is 11.6 Å². The second kappa shape index (κ2) is 9.00. The molecule has 9 heteroatoms. The second-order valence-corrected chi connectivity index (χ2v) is 7.40. The van der Waals surface area contributed by atoms with Gasteiger partial charge in [-0.1, -0.05) is 17.7 Å². The molecule has 29 heavy (non-hydrogen) atoms. The zero-order chi connectivity index (χ0) is 21.0. The third-order valence-electron chi connectivity index (χ3n) is 4.53. The van der Waals surface area contributed by atoms with E-state index in [2.05, 4.69) is 10.3 Å². The maximum Gasteiger partial charge on any atom is 0.414 e. The van der Waals surface area contributed by atoms with Crippen molar-refractivity contribution in [3.63, 3.8) is 0 Å². The highest BCUT2D eigenvalue weighted by atomic mass is 35.5. The number of nitrogens with zero attached hydrogens (tertiary/aromatic N) is 2. The number of nitrogens with one attached hydrogen (secondary N) is 1. The number of rotatable bonds is 5. The molecule has 2 aromatic rings. The van der Waals surface area contributed by atoms with Gasteiger partial charge in [0.15, 0.2) is 6.04 Å². The number of fused-ring (bicyclic) bond motifs is 1. The van der Waals surface area contributed by atoms with Gasteiger partial charge < -0.3 is 10.1 Å². The Morgan fingerprint density at radius 2 is 2.17 bits per heavy atom. The molecule has 5 nitrogen and oxygen atoms in total. The van der Waals surface area contributed by atoms with E-state index < -0.39 is 18.1 Å². The fourth-order valence-electron chi connectivity index (χ4n) is 3.24. The van der Waals surface area contributed by atoms with Gasteiger partial charge in [-0.3, -0.25) is 14.7 Å². The third kappa shape index (κ3) is 5.83. The van der Waals surface area contributed by atoms with Crippen LogP contribution in [0.5, 0.6) is 5.75 Å². The molecule has 0 unspecified atom stereocenters. The fourth-order valence-corrected chi connectivity index (χ4v) is 3.44. The van der Waals surface area contributed by atoms with E-state index in [9.17, 15) is 18.0 Å². The van der Waals surface area contributed by atoms with Crippen molar-refractivity contribution in [2.45, 2.75) is 38.2 Å². The van der Waals surface area contributed by atoms with Crippen LogP contribution in [0, 0.1) is 0 Å². The molecule has 0 fully saturated rings. The van der Waals surface area contributed by atoms with Crippen LogP contribution < -0.4 is 10.1 Å². The summed E-state index contributed by atoms with van der Waals surface area (Å²) in [6.45, 7) is 3.23. The lowest BCUT2D eigenvalue weighted by Crippen LogP contribution is -2.40. The minimum atomic E-state index is -4.63. The van der Waals surface area contributed by atoms with Crippen molar-refractivity contribution >= 4 is 17.5 Å². The molecule has 1 aromatic heterocycles. The number of carbonyl (C=O) groups is 1. The molecule has 2 heterocycles. The highest BCUT2D eigenvalue weighted by Crippen LogP contribution is 2.32. The molecule has 1 N–H and O–H groups in total. The van der Waals surface area contributed by atoms with Crippen molar-refractivity contribution in [1.82, 2.24) is 15.2 Å². The Morgan fingerprint density at radius 1 is 1.38 bits per heavy atom. The van der Waals surface area contributed by atoms with Gasteiger partial charge in [0.05, 0.1) is 5.69 Å². The monoisotopic (exact) mass is 427 g/mol. The number of ether oxygens (including phenoxy) is 1. The molecule has 0 bridgehead atoms. The van der Waals surface area contributed by atoms with E-state index in [0.717, 1.165) is 11.3 Å². The number of pyridine rings is 1. The molecule has 2 atom stereocenters. The molecular weight excluding hydrogens is 407 g/mol. The van der Waals surface area contributed by atoms with E-state index in [1.54, 1.807) is 18.2 Å². The van der Waals surface area contributed by atoms with Crippen LogP contribution in [0.1, 0.15) is 30.6 Å². The second-order valence-electron chi connectivity index (χ2n) is 6.96. The molecule has 1 aromatic carbocycles. The summed E-state index contributed by atoms with van der Waals surface area (Å²) in [4.78, 5) is 18.0. The van der Waals surface area contributed by atoms with E-state index in [0.29, 0.717) is 18.1 Å². The van der Waals surface area contributed by atoms with Gasteiger partial charge in [-0.2, -0.15) is 13.2 Å². The number of benzene rings is 1. The first-order valence-corrected chi connectivity index (χ1v) is 9.54. The maximum absolute atomic E-state index is 13.4. The Bertz CT molecular complexity index is 849. The van der Waals surface area contributed by atoms with Crippen LogP contribution in [0.2, 0.25) is 5.02 Å². The molecule has 0 aliphatic carbocycles. The first kappa shape index (κ1) is 21.4. The number of hydrogen-bond donors (Lipinski definition) is 1. The van der Waals surface area contributed by atoms with Crippen molar-refractivity contribution in [3.8, 4) is 5.75 Å². The SMILES string of the molecule is C[C@H]1CN(CCC(=O)N[C@H](c2ccccn2)C(F)(F)F)Cc2cc(Cl)ccc2O1. The van der Waals surface area contributed by atoms with Crippen LogP contribution in [-0.4, -0.2) is 41.2 Å². The number of amides is 1. The fraction of sp³-hybridized carbons (Fsp3) is 0.400. The van der Waals surface area contributed by atoms with Crippen LogP contribution in [0.4, 0.5) is 13.2 Å². The zero-order valence-corrected chi connectivity index (χ0v) is 16.5. The number of aromatic nitrogens is 1. The lowest BCUT2D eigenvalue weighted by Gasteiger charge is -2.24. The first-order chi connectivity index (χ1) is 13.7. The molecule has 156 valence electrons. The average Bonchev–Trinajstić information content (AvgIpc) is 2.81. The quantitative estimate of drug-likeness (QED) is 0.779. The van der Waals surface area contributed by atoms with E-state index in [-0.39, 0.29) is 24.8 Å². The van der Waals surface area contributed by atoms with Crippen LogP contribution in [-0.2, 0) is 11.3 Å². The summed E-state index contributed by atoms with van der Waals surface area (Å²) < 4.78 is 46.0. The van der Waals surface area contributed by atoms with Gasteiger partial charge in [0.1, 0.15) is 11.9 Å². The number of hydrogen-bond acceptors (Lipinski definition) is 4. The molecule has 3 rings (SSSR count). The zero-order valence-electron chi connectivity index (χ0n) is 15.7. The lowest BCUT2D eigenvalue weighted by molar-refractivity contribution is -0.164. The van der Waals surface area contributed by atoms with Crippen LogP contribution in [0.15, 0.2) is 42.6 Å². The van der Waals surface area contributed by atoms with Crippen molar-refractivity contribution in [2.75, 3.05) is 13.1 Å². The van der Waals surface area contributed by atoms with E-state index in [4.69, 9.17) is 16.3 Å². The van der Waals surface area contributed by atoms with Crippen molar-refractivity contribution in [1.29, 1.82) is 0 Å². The molecule has 0 radical (unpaired) electrons. The average molecular weight is 428 g/mol. The third-order valence-corrected chi connectivity index (χ3v) is 4.77. The van der Waals surface area contributed by atoms with Gasteiger partial charge in [0.2, 0.25) is 5.91 Å². The van der Waals surface area contributed by atoms with Crippen LogP contribution in [0.3, 0.4) is 0 Å². The first-order valence-electron chi connectivity index (χ1n) is 9.17. The van der Waals surface area contributed by atoms with Gasteiger partial charge in [-0.05, 0) is 37.3 Å². The highest BCUT2D eigenvalue weighted by Gasteiger charge is 2.42. The molecule has 0 saturated heterocycles. The van der Waals surface area contributed by atoms with Gasteiger partial charge in [-0.25, -0.2) is 0 Å². The normalized spacial score (nSPS) is 18.3. The van der Waals surface area contributed by atoms with E-state index in [1.807, 2.05) is 11.8 Å². The summed E-state index contributed by atoms with van der Waals surface area (Å²) in [6, 6.07) is 7.41. The smallest absolute Gasteiger partial charge is 0.414 e.